The van der Waals surface area contributed by atoms with Crippen LogP contribution in [0.1, 0.15) is 6.92 Å². The Morgan fingerprint density at radius 3 is 1.37 bits per heavy atom. The van der Waals surface area contributed by atoms with Gasteiger partial charge in [0.1, 0.15) is 0 Å². The Bertz CT molecular complexity index is 455. The predicted octanol–water partition coefficient (Wildman–Crippen LogP) is 3.18. The van der Waals surface area contributed by atoms with E-state index >= 15 is 0 Å². The number of aliphatic carboxylic acids is 1. The number of hydrogen-bond donors (Lipinski definition) is 1. The molecule has 0 amide bonds. The summed E-state index contributed by atoms with van der Waals surface area (Å²) in [6.45, 7) is 4.60. The largest absolute Gasteiger partial charge is 0.478 e. The number of carboxylic acids is 1. The van der Waals surface area contributed by atoms with Gasteiger partial charge in [0, 0.05) is 5.57 Å². The summed E-state index contributed by atoms with van der Waals surface area (Å²) in [6, 6.07) is 20.8. The quantitative estimate of drug-likeness (QED) is 0.840. The maximum Gasteiger partial charge on any atom is 0.330 e. The Morgan fingerprint density at radius 1 is 0.895 bits per heavy atom. The predicted molar refractivity (Wildman–Crippen MR) is 77.9 cm³/mol. The first-order valence-electron chi connectivity index (χ1n) is 5.60. The molecule has 0 saturated carbocycles. The maximum absolute atomic E-state index is 9.60. The van der Waals surface area contributed by atoms with Crippen molar-refractivity contribution in [2.24, 2.45) is 0 Å². The summed E-state index contributed by atoms with van der Waals surface area (Å²) in [6.07, 6.45) is 0. The van der Waals surface area contributed by atoms with Gasteiger partial charge >= 0.3 is 5.97 Å². The molecule has 100 valence electrons. The molecular weight excluding hydrogens is 240 g/mol. The summed E-state index contributed by atoms with van der Waals surface area (Å²) in [7, 11) is 0. The van der Waals surface area contributed by atoms with Crippen molar-refractivity contribution in [3.8, 4) is 11.1 Å². The van der Waals surface area contributed by atoms with E-state index in [1.807, 2.05) is 12.1 Å². The Hall–Kier alpha value is -2.39. The number of hydrogen-bond acceptors (Lipinski definition) is 1. The van der Waals surface area contributed by atoms with Gasteiger partial charge in [0.25, 0.3) is 0 Å². The number of carbonyl (C=O) groups is 1. The summed E-state index contributed by atoms with van der Waals surface area (Å²) in [5.41, 5.74) is 2.73. The van der Waals surface area contributed by atoms with E-state index in [0.717, 1.165) is 0 Å². The van der Waals surface area contributed by atoms with E-state index in [2.05, 4.69) is 55.1 Å². The van der Waals surface area contributed by atoms with Gasteiger partial charge in [-0.15, -0.1) is 0 Å². The van der Waals surface area contributed by atoms with Crippen LogP contribution in [0.4, 0.5) is 0 Å². The minimum atomic E-state index is -0.935. The molecule has 0 bridgehead atoms. The Balaban J connectivity index is 0.000000404. The van der Waals surface area contributed by atoms with Gasteiger partial charge in [-0.2, -0.15) is 0 Å². The van der Waals surface area contributed by atoms with E-state index in [1.54, 1.807) is 0 Å². The fourth-order valence-electron chi connectivity index (χ4n) is 1.26. The minimum Gasteiger partial charge on any atom is -0.478 e. The van der Waals surface area contributed by atoms with E-state index in [9.17, 15) is 4.79 Å². The molecule has 0 atom stereocenters. The molecule has 0 aliphatic rings. The van der Waals surface area contributed by atoms with Crippen molar-refractivity contribution in [2.75, 3.05) is 0 Å². The van der Waals surface area contributed by atoms with E-state index in [0.29, 0.717) is 0 Å². The van der Waals surface area contributed by atoms with Crippen LogP contribution in [0.2, 0.25) is 0 Å². The fourth-order valence-corrected chi connectivity index (χ4v) is 1.26. The van der Waals surface area contributed by atoms with E-state index < -0.39 is 5.97 Å². The Labute approximate surface area is 113 Å². The van der Waals surface area contributed by atoms with Gasteiger partial charge in [-0.05, 0) is 18.1 Å². The summed E-state index contributed by atoms with van der Waals surface area (Å²) in [4.78, 5) is 9.60. The molecule has 3 heteroatoms. The molecule has 2 aromatic rings. The van der Waals surface area contributed by atoms with Crippen molar-refractivity contribution in [3.05, 3.63) is 72.8 Å². The van der Waals surface area contributed by atoms with Crippen LogP contribution in [0.3, 0.4) is 0 Å². The van der Waals surface area contributed by atoms with Crippen molar-refractivity contribution in [1.82, 2.24) is 0 Å². The van der Waals surface area contributed by atoms with Gasteiger partial charge < -0.3 is 10.6 Å². The van der Waals surface area contributed by atoms with Crippen LogP contribution in [0.25, 0.3) is 11.1 Å². The molecule has 0 spiro atoms. The van der Waals surface area contributed by atoms with E-state index in [1.165, 1.54) is 18.1 Å². The molecule has 0 aromatic heterocycles. The first-order valence-corrected chi connectivity index (χ1v) is 5.60. The molecule has 0 radical (unpaired) electrons. The van der Waals surface area contributed by atoms with Crippen molar-refractivity contribution < 1.29 is 15.4 Å². The molecule has 2 aromatic carbocycles. The van der Waals surface area contributed by atoms with Crippen LogP contribution in [-0.2, 0) is 4.79 Å². The molecule has 0 fully saturated rings. The third-order valence-electron chi connectivity index (χ3n) is 2.25. The lowest BCUT2D eigenvalue weighted by Gasteiger charge is -1.98. The van der Waals surface area contributed by atoms with Gasteiger partial charge in [0.15, 0.2) is 0 Å². The molecular formula is C16H18O3. The third-order valence-corrected chi connectivity index (χ3v) is 2.25. The highest BCUT2D eigenvalue weighted by molar-refractivity contribution is 5.84. The molecule has 19 heavy (non-hydrogen) atoms. The van der Waals surface area contributed by atoms with Crippen LogP contribution in [-0.4, -0.2) is 16.6 Å². The van der Waals surface area contributed by atoms with Gasteiger partial charge in [0.2, 0.25) is 0 Å². The highest BCUT2D eigenvalue weighted by Crippen LogP contribution is 2.17. The molecule has 0 unspecified atom stereocenters. The zero-order valence-electron chi connectivity index (χ0n) is 10.8. The number of benzene rings is 2. The highest BCUT2D eigenvalue weighted by atomic mass is 16.4. The topological polar surface area (TPSA) is 68.8 Å². The normalized spacial score (nSPS) is 8.47. The molecule has 3 N–H and O–H groups in total. The van der Waals surface area contributed by atoms with E-state index in [4.69, 9.17) is 5.11 Å². The van der Waals surface area contributed by atoms with Gasteiger partial charge in [-0.3, -0.25) is 0 Å². The minimum absolute atomic E-state index is 0. The van der Waals surface area contributed by atoms with Crippen molar-refractivity contribution in [1.29, 1.82) is 0 Å². The summed E-state index contributed by atoms with van der Waals surface area (Å²) >= 11 is 0. The number of carboxylic acid groups (broad SMARTS) is 1. The smallest absolute Gasteiger partial charge is 0.330 e. The monoisotopic (exact) mass is 258 g/mol. The fraction of sp³-hybridized carbons (Fsp3) is 0.0625. The molecule has 2 rings (SSSR count). The van der Waals surface area contributed by atoms with Crippen LogP contribution in [0, 0.1) is 0 Å². The second kappa shape index (κ2) is 8.66. The molecule has 0 aliphatic carbocycles. The lowest BCUT2D eigenvalue weighted by atomic mass is 10.1. The first kappa shape index (κ1) is 16.6. The van der Waals surface area contributed by atoms with Gasteiger partial charge in [-0.25, -0.2) is 4.79 Å². The van der Waals surface area contributed by atoms with Crippen LogP contribution < -0.4 is 0 Å². The molecule has 0 saturated heterocycles. The van der Waals surface area contributed by atoms with Crippen LogP contribution >= 0.6 is 0 Å². The second-order valence-corrected chi connectivity index (χ2v) is 3.82. The number of rotatable bonds is 2. The van der Waals surface area contributed by atoms with Crippen molar-refractivity contribution in [2.45, 2.75) is 6.92 Å². The standard InChI is InChI=1S/C12H10.C4H6O2.H2O/c1-3-7-11(8-4-1)12-9-5-2-6-10-12;1-3(2)4(5)6;/h1-10H;1H2,2H3,(H,5,6);1H2. The molecule has 0 aliphatic heterocycles. The molecule has 0 heterocycles. The van der Waals surface area contributed by atoms with Crippen LogP contribution in [0.5, 0.6) is 0 Å². The molecule has 3 nitrogen and oxygen atoms in total. The lowest BCUT2D eigenvalue weighted by Crippen LogP contribution is -1.92. The maximum atomic E-state index is 9.60. The summed E-state index contributed by atoms with van der Waals surface area (Å²) in [5.74, 6) is -0.935. The van der Waals surface area contributed by atoms with Gasteiger partial charge in [-0.1, -0.05) is 67.2 Å². The van der Waals surface area contributed by atoms with Gasteiger partial charge in [0.05, 0.1) is 0 Å². The SMILES string of the molecule is C=C(C)C(=O)O.O.c1ccc(-c2ccccc2)cc1. The first-order chi connectivity index (χ1) is 8.61. The zero-order valence-corrected chi connectivity index (χ0v) is 10.8. The van der Waals surface area contributed by atoms with Crippen molar-refractivity contribution in [3.63, 3.8) is 0 Å². The van der Waals surface area contributed by atoms with Crippen molar-refractivity contribution >= 4 is 5.97 Å². The average Bonchev–Trinajstić information content (AvgIpc) is 2.41. The highest BCUT2D eigenvalue weighted by Gasteiger charge is 1.92. The zero-order chi connectivity index (χ0) is 13.4. The summed E-state index contributed by atoms with van der Waals surface area (Å²) in [5, 5.41) is 7.89. The second-order valence-electron chi connectivity index (χ2n) is 3.82. The summed E-state index contributed by atoms with van der Waals surface area (Å²) < 4.78 is 0. The Kier molecular flexibility index (Phi) is 7.57. The van der Waals surface area contributed by atoms with Crippen LogP contribution in [0.15, 0.2) is 72.8 Å². The third kappa shape index (κ3) is 6.19. The average molecular weight is 258 g/mol. The lowest BCUT2D eigenvalue weighted by molar-refractivity contribution is -0.132. The van der Waals surface area contributed by atoms with E-state index in [-0.39, 0.29) is 11.0 Å². The Morgan fingerprint density at radius 2 is 1.16 bits per heavy atom.